The first kappa shape index (κ1) is 75.2. The van der Waals surface area contributed by atoms with Gasteiger partial charge in [0.2, 0.25) is 29.6 Å². The lowest BCUT2D eigenvalue weighted by atomic mass is 10.1. The molecule has 2 aromatic heterocycles. The van der Waals surface area contributed by atoms with Crippen LogP contribution in [-0.2, 0) is 49.7 Å². The molecule has 2 aliphatic heterocycles. The number of hydrogen-bond acceptors (Lipinski definition) is 24. The number of carbonyl (C=O) groups excluding carboxylic acids is 5. The summed E-state index contributed by atoms with van der Waals surface area (Å²) in [6.45, 7) is 6.40. The second kappa shape index (κ2) is 38.0. The van der Waals surface area contributed by atoms with Crippen LogP contribution in [0.3, 0.4) is 0 Å². The Bertz CT molecular complexity index is 3560. The monoisotopic (exact) mass is 1360 g/mol. The second-order valence-electron chi connectivity index (χ2n) is 23.6. The highest BCUT2D eigenvalue weighted by Crippen LogP contribution is 2.19. The zero-order valence-electron chi connectivity index (χ0n) is 54.4. The Morgan fingerprint density at radius 1 is 0.469 bits per heavy atom. The summed E-state index contributed by atoms with van der Waals surface area (Å²) in [5, 5.41) is 65.0. The Labute approximate surface area is 563 Å². The van der Waals surface area contributed by atoms with Crippen molar-refractivity contribution in [1.82, 2.24) is 64.5 Å². The largest absolute Gasteiger partial charge is 0.480 e. The van der Waals surface area contributed by atoms with Crippen molar-refractivity contribution in [2.24, 2.45) is 0 Å². The molecule has 14 N–H and O–H groups in total. The SMILES string of the molecule is CCN1CCN(CC(=O)O)CCN(CC(=O)Nc2ccc(NC(=O)C(CCC(=O)Nc3ccc(NC(=O)CN4CCN(CC(=O)O)CCN(CC(=O)O)CCN(CC(=O)O)CC4)cc3)NC(=O)c3ccc(NCc4cnc5nc(N)[nH]c(=O)c5n4)cc3)cc2)CCN(CC(=O)O)CC1. The number of fused-ring (bicyclic) bond motifs is 1. The van der Waals surface area contributed by atoms with E-state index in [4.69, 9.17) is 5.73 Å². The van der Waals surface area contributed by atoms with Gasteiger partial charge in [-0.2, -0.15) is 4.98 Å². The summed E-state index contributed by atoms with van der Waals surface area (Å²) in [5.74, 6) is -8.02. The maximum absolute atomic E-state index is 14.2. The minimum absolute atomic E-state index is 0.000249. The van der Waals surface area contributed by atoms with Crippen LogP contribution in [0.1, 0.15) is 35.8 Å². The number of aromatic nitrogens is 4. The molecule has 5 aromatic rings. The zero-order valence-corrected chi connectivity index (χ0v) is 54.4. The molecule has 2 aliphatic rings. The lowest BCUT2D eigenvalue weighted by Gasteiger charge is -2.33. The van der Waals surface area contributed by atoms with Gasteiger partial charge in [0.15, 0.2) is 11.2 Å². The van der Waals surface area contributed by atoms with Crippen molar-refractivity contribution in [3.05, 3.63) is 101 Å². The van der Waals surface area contributed by atoms with E-state index in [1.165, 1.54) is 30.5 Å². The number of benzene rings is 3. The number of carbonyl (C=O) groups is 10. The maximum atomic E-state index is 14.2. The highest BCUT2D eigenvalue weighted by atomic mass is 16.4. The van der Waals surface area contributed by atoms with Gasteiger partial charge in [-0.25, -0.2) is 9.97 Å². The van der Waals surface area contributed by atoms with Gasteiger partial charge in [0.25, 0.3) is 11.5 Å². The third kappa shape index (κ3) is 26.5. The van der Waals surface area contributed by atoms with E-state index < -0.39 is 71.0 Å². The van der Waals surface area contributed by atoms with E-state index in [1.807, 2.05) is 21.6 Å². The number of carboxylic acid groups (broad SMARTS) is 5. The minimum atomic E-state index is -1.29. The topological polar surface area (TPSA) is 467 Å². The summed E-state index contributed by atoms with van der Waals surface area (Å²) in [5.41, 5.74) is 7.63. The number of anilines is 6. The molecule has 0 saturated carbocycles. The first-order valence-corrected chi connectivity index (χ1v) is 31.8. The Kier molecular flexibility index (Phi) is 29.2. The zero-order chi connectivity index (χ0) is 70.7. The van der Waals surface area contributed by atoms with E-state index in [0.29, 0.717) is 87.3 Å². The molecule has 0 bridgehead atoms. The molecular formula is C63H85N19O16. The number of rotatable bonds is 28. The van der Waals surface area contributed by atoms with Gasteiger partial charge in [0, 0.05) is 145 Å². The van der Waals surface area contributed by atoms with Crippen molar-refractivity contribution >= 4 is 105 Å². The summed E-state index contributed by atoms with van der Waals surface area (Å²) >= 11 is 0. The lowest BCUT2D eigenvalue weighted by molar-refractivity contribution is -0.140. The molecule has 2 saturated heterocycles. The number of nitrogens with one attached hydrogen (secondary N) is 7. The number of amides is 5. The van der Waals surface area contributed by atoms with Crippen molar-refractivity contribution in [2.45, 2.75) is 32.4 Å². The van der Waals surface area contributed by atoms with Gasteiger partial charge >= 0.3 is 29.8 Å². The molecule has 1 unspecified atom stereocenters. The van der Waals surface area contributed by atoms with E-state index in [0.717, 1.165) is 0 Å². The van der Waals surface area contributed by atoms with Crippen LogP contribution in [0.4, 0.5) is 34.4 Å². The fourth-order valence-corrected chi connectivity index (χ4v) is 10.8. The molecule has 35 nitrogen and oxygen atoms in total. The van der Waals surface area contributed by atoms with Crippen LogP contribution in [-0.4, -0.2) is 307 Å². The molecule has 35 heteroatoms. The van der Waals surface area contributed by atoms with Crippen LogP contribution in [0.5, 0.6) is 0 Å². The first-order valence-electron chi connectivity index (χ1n) is 31.8. The summed E-state index contributed by atoms with van der Waals surface area (Å²) in [4.78, 5) is 169. The molecule has 2 fully saturated rings. The average molecular weight is 1360 g/mol. The Morgan fingerprint density at radius 2 is 0.816 bits per heavy atom. The van der Waals surface area contributed by atoms with Gasteiger partial charge in [-0.15, -0.1) is 0 Å². The van der Waals surface area contributed by atoms with Gasteiger partial charge in [-0.1, -0.05) is 6.92 Å². The van der Waals surface area contributed by atoms with E-state index in [9.17, 15) is 78.3 Å². The number of nitrogens with two attached hydrogens (primary N) is 1. The predicted octanol–water partition coefficient (Wildman–Crippen LogP) is -1.17. The Hall–Kier alpha value is -10.1. The third-order valence-corrected chi connectivity index (χ3v) is 16.1. The maximum Gasteiger partial charge on any atom is 0.317 e. The Balaban J connectivity index is 0.981. The fraction of sp³-hybridized carbons (Fsp3) is 0.460. The van der Waals surface area contributed by atoms with Crippen LogP contribution in [0, 0.1) is 0 Å². The number of nitrogen functional groups attached to an aromatic ring is 1. The Morgan fingerprint density at radius 3 is 1.19 bits per heavy atom. The quantitative estimate of drug-likeness (QED) is 0.0280. The number of likely N-dealkylation sites (N-methyl/N-ethyl adjacent to an activating group) is 1. The summed E-state index contributed by atoms with van der Waals surface area (Å²) in [6.07, 6.45) is 0.969. The van der Waals surface area contributed by atoms with E-state index in [-0.39, 0.29) is 146 Å². The predicted molar refractivity (Wildman–Crippen MR) is 359 cm³/mol. The number of aliphatic carboxylic acids is 5. The summed E-state index contributed by atoms with van der Waals surface area (Å²) in [6, 6.07) is 17.3. The van der Waals surface area contributed by atoms with Crippen molar-refractivity contribution < 1.29 is 73.5 Å². The van der Waals surface area contributed by atoms with Crippen molar-refractivity contribution in [3.8, 4) is 0 Å². The highest BCUT2D eigenvalue weighted by Gasteiger charge is 2.26. The molecule has 528 valence electrons. The molecule has 1 atom stereocenters. The van der Waals surface area contributed by atoms with Crippen molar-refractivity contribution in [1.29, 1.82) is 0 Å². The van der Waals surface area contributed by atoms with E-state index in [2.05, 4.69) is 56.7 Å². The number of H-pyrrole nitrogens is 1. The molecule has 0 aliphatic carbocycles. The van der Waals surface area contributed by atoms with E-state index >= 15 is 0 Å². The third-order valence-electron chi connectivity index (χ3n) is 16.1. The molecule has 4 heterocycles. The first-order chi connectivity index (χ1) is 46.9. The van der Waals surface area contributed by atoms with Crippen LogP contribution in [0.15, 0.2) is 83.8 Å². The van der Waals surface area contributed by atoms with Crippen LogP contribution < -0.4 is 43.2 Å². The van der Waals surface area contributed by atoms with E-state index in [1.54, 1.807) is 68.1 Å². The number of aromatic amines is 1. The molecule has 3 aromatic carbocycles. The normalized spacial score (nSPS) is 16.3. The number of carboxylic acids is 5. The van der Waals surface area contributed by atoms with Crippen molar-refractivity contribution in [2.75, 3.05) is 189 Å². The lowest BCUT2D eigenvalue weighted by Crippen LogP contribution is -2.49. The highest BCUT2D eigenvalue weighted by molar-refractivity contribution is 6.02. The molecule has 5 amide bonds. The van der Waals surface area contributed by atoms with Crippen LogP contribution in [0.25, 0.3) is 11.2 Å². The standard InChI is InChI=1S/C63H85N19O16/c1-2-75-17-19-78(37-53(86)87)25-21-76(22-26-79(20-18-75)38-54(88)89)36-52(85)69-46-11-13-47(14-12-46)71-61(97)49(72-60(96)42-3-5-43(6-4-42)65-33-48-34-66-59-58(70-48)62(98)74-63(64)73-59)15-16-50(83)67-44-7-9-45(10-8-44)68-51(84)35-77-23-27-80(39-55(90)91)29-31-82(41-57(94)95)32-30-81(28-24-77)40-56(92)93/h3-14,34,49,65H,2,15-33,35-41H2,1H3,(H,67,83)(H,68,84)(H,69,85)(H,71,97)(H,72,96)(H,86,87)(H,88,89)(H,90,91)(H,92,93)(H,94,95)(H3,64,66,73,74,98). The second-order valence-corrected chi connectivity index (χ2v) is 23.6. The van der Waals surface area contributed by atoms with Crippen LogP contribution in [0.2, 0.25) is 0 Å². The van der Waals surface area contributed by atoms with Crippen LogP contribution >= 0.6 is 0 Å². The molecule has 7 rings (SSSR count). The molecule has 98 heavy (non-hydrogen) atoms. The average Bonchev–Trinajstić information content (AvgIpc) is 0.822. The molecule has 0 spiro atoms. The van der Waals surface area contributed by atoms with Gasteiger partial charge in [-0.3, -0.25) is 92.0 Å². The fourth-order valence-electron chi connectivity index (χ4n) is 10.8. The minimum Gasteiger partial charge on any atom is -0.480 e. The summed E-state index contributed by atoms with van der Waals surface area (Å²) < 4.78 is 0. The number of nitrogens with zero attached hydrogens (tertiary/aromatic N) is 11. The molecular weight excluding hydrogens is 1280 g/mol. The number of hydrogen-bond donors (Lipinski definition) is 13. The smallest absolute Gasteiger partial charge is 0.317 e. The van der Waals surface area contributed by atoms with Gasteiger partial charge < -0.3 is 68.1 Å². The summed E-state index contributed by atoms with van der Waals surface area (Å²) in [7, 11) is 0. The van der Waals surface area contributed by atoms with Gasteiger partial charge in [-0.05, 0) is 85.8 Å². The van der Waals surface area contributed by atoms with Gasteiger partial charge in [0.1, 0.15) is 6.04 Å². The molecule has 0 radical (unpaired) electrons. The van der Waals surface area contributed by atoms with Gasteiger partial charge in [0.05, 0.1) is 64.2 Å². The van der Waals surface area contributed by atoms with Crippen molar-refractivity contribution in [3.63, 3.8) is 0 Å².